The van der Waals surface area contributed by atoms with Crippen molar-refractivity contribution in [1.82, 2.24) is 20.3 Å². The van der Waals surface area contributed by atoms with Crippen LogP contribution in [0.5, 0.6) is 0 Å². The van der Waals surface area contributed by atoms with E-state index in [1.807, 2.05) is 73.8 Å². The fourth-order valence-electron chi connectivity index (χ4n) is 2.29. The maximum Gasteiger partial charge on any atom is 0.239 e. The number of rotatable bonds is 6. The van der Waals surface area contributed by atoms with E-state index in [2.05, 4.69) is 20.9 Å². The van der Waals surface area contributed by atoms with Crippen LogP contribution < -0.4 is 10.6 Å². The third-order valence-electron chi connectivity index (χ3n) is 3.58. The van der Waals surface area contributed by atoms with Gasteiger partial charge >= 0.3 is 0 Å². The van der Waals surface area contributed by atoms with Gasteiger partial charge in [0.15, 0.2) is 0 Å². The number of benzene rings is 2. The van der Waals surface area contributed by atoms with Crippen LogP contribution >= 0.6 is 0 Å². The van der Waals surface area contributed by atoms with E-state index in [0.717, 1.165) is 11.4 Å². The van der Waals surface area contributed by atoms with E-state index >= 15 is 0 Å². The van der Waals surface area contributed by atoms with Crippen molar-refractivity contribution in [3.63, 3.8) is 0 Å². The second kappa shape index (κ2) is 7.41. The quantitative estimate of drug-likeness (QED) is 0.732. The minimum absolute atomic E-state index is 0.0967. The van der Waals surface area contributed by atoms with Gasteiger partial charge in [0.1, 0.15) is 5.69 Å². The van der Waals surface area contributed by atoms with E-state index < -0.39 is 0 Å². The number of nitrogens with zero attached hydrogens (tertiary/aromatic N) is 3. The summed E-state index contributed by atoms with van der Waals surface area (Å²) in [5, 5.41) is 14.2. The maximum atomic E-state index is 12.0. The Morgan fingerprint density at radius 2 is 1.75 bits per heavy atom. The van der Waals surface area contributed by atoms with Crippen molar-refractivity contribution >= 4 is 11.6 Å². The molecule has 1 unspecified atom stereocenters. The molecular formula is C18H19N5O. The van der Waals surface area contributed by atoms with Crippen LogP contribution in [-0.2, 0) is 4.79 Å². The van der Waals surface area contributed by atoms with Crippen molar-refractivity contribution in [2.24, 2.45) is 0 Å². The third kappa shape index (κ3) is 3.98. The van der Waals surface area contributed by atoms with Gasteiger partial charge in [-0.3, -0.25) is 4.79 Å². The summed E-state index contributed by atoms with van der Waals surface area (Å²) in [6, 6.07) is 19.1. The van der Waals surface area contributed by atoms with E-state index in [1.165, 1.54) is 0 Å². The molecule has 0 spiro atoms. The van der Waals surface area contributed by atoms with Crippen molar-refractivity contribution < 1.29 is 4.79 Å². The highest BCUT2D eigenvalue weighted by Gasteiger charge is 2.13. The van der Waals surface area contributed by atoms with Crippen LogP contribution in [0.1, 0.15) is 18.7 Å². The molecule has 1 aromatic heterocycles. The highest BCUT2D eigenvalue weighted by molar-refractivity contribution is 5.81. The van der Waals surface area contributed by atoms with Crippen LogP contribution in [0.3, 0.4) is 0 Å². The molecule has 0 saturated carbocycles. The average molecular weight is 321 g/mol. The minimum atomic E-state index is -0.215. The number of amides is 1. The summed E-state index contributed by atoms with van der Waals surface area (Å²) in [6.45, 7) is 2.10. The van der Waals surface area contributed by atoms with Crippen LogP contribution in [-0.4, -0.2) is 27.4 Å². The molecule has 1 amide bonds. The first kappa shape index (κ1) is 15.7. The topological polar surface area (TPSA) is 71.8 Å². The van der Waals surface area contributed by atoms with Crippen molar-refractivity contribution in [1.29, 1.82) is 0 Å². The van der Waals surface area contributed by atoms with E-state index in [-0.39, 0.29) is 18.5 Å². The molecule has 1 atom stereocenters. The minimum Gasteiger partial charge on any atom is -0.376 e. The smallest absolute Gasteiger partial charge is 0.239 e. The second-order valence-corrected chi connectivity index (χ2v) is 5.43. The van der Waals surface area contributed by atoms with Gasteiger partial charge < -0.3 is 10.6 Å². The van der Waals surface area contributed by atoms with E-state index in [4.69, 9.17) is 0 Å². The summed E-state index contributed by atoms with van der Waals surface area (Å²) in [6.07, 6.45) is 1.82. The Bertz CT molecular complexity index is 785. The maximum absolute atomic E-state index is 12.0. The molecule has 1 heterocycles. The summed E-state index contributed by atoms with van der Waals surface area (Å²) < 4.78 is 1.69. The Kier molecular flexibility index (Phi) is 4.86. The fourth-order valence-corrected chi connectivity index (χ4v) is 2.29. The highest BCUT2D eigenvalue weighted by Crippen LogP contribution is 2.11. The molecule has 0 aliphatic carbocycles. The van der Waals surface area contributed by atoms with Crippen molar-refractivity contribution in [2.75, 3.05) is 11.9 Å². The number of para-hydroxylation sites is 2. The Balaban J connectivity index is 1.56. The second-order valence-electron chi connectivity index (χ2n) is 5.43. The molecule has 2 N–H and O–H groups in total. The van der Waals surface area contributed by atoms with Gasteiger partial charge in [-0.2, -0.15) is 0 Å². The summed E-state index contributed by atoms with van der Waals surface area (Å²) in [4.78, 5) is 12.0. The molecule has 122 valence electrons. The molecule has 0 fully saturated rings. The molecule has 0 bridgehead atoms. The lowest BCUT2D eigenvalue weighted by Crippen LogP contribution is -2.32. The lowest BCUT2D eigenvalue weighted by molar-refractivity contribution is -0.120. The largest absolute Gasteiger partial charge is 0.376 e. The summed E-state index contributed by atoms with van der Waals surface area (Å²) in [7, 11) is 0. The molecule has 24 heavy (non-hydrogen) atoms. The summed E-state index contributed by atoms with van der Waals surface area (Å²) >= 11 is 0. The number of aromatic nitrogens is 3. The molecule has 6 heteroatoms. The predicted octanol–water partition coefficient (Wildman–Crippen LogP) is 2.56. The number of anilines is 1. The van der Waals surface area contributed by atoms with Crippen LogP contribution in [0.15, 0.2) is 66.9 Å². The molecule has 6 nitrogen and oxygen atoms in total. The molecule has 0 aliphatic rings. The zero-order chi connectivity index (χ0) is 16.8. The molecule has 3 rings (SSSR count). The zero-order valence-electron chi connectivity index (χ0n) is 13.4. The van der Waals surface area contributed by atoms with Crippen molar-refractivity contribution in [3.8, 4) is 5.69 Å². The van der Waals surface area contributed by atoms with Crippen LogP contribution in [0.25, 0.3) is 5.69 Å². The number of carbonyl (C=O) groups excluding carboxylic acids is 1. The lowest BCUT2D eigenvalue weighted by atomic mass is 10.2. The lowest BCUT2D eigenvalue weighted by Gasteiger charge is -2.12. The van der Waals surface area contributed by atoms with Gasteiger partial charge in [-0.25, -0.2) is 4.68 Å². The van der Waals surface area contributed by atoms with Gasteiger partial charge in [-0.15, -0.1) is 5.10 Å². The molecular weight excluding hydrogens is 302 g/mol. The Labute approximate surface area is 140 Å². The SMILES string of the molecule is CC(NC(=O)CNc1ccccc1)c1cn(-c2ccccc2)nn1. The zero-order valence-corrected chi connectivity index (χ0v) is 13.4. The Morgan fingerprint density at radius 1 is 1.08 bits per heavy atom. The Hall–Kier alpha value is -3.15. The monoisotopic (exact) mass is 321 g/mol. The van der Waals surface area contributed by atoms with Crippen LogP contribution in [0, 0.1) is 0 Å². The van der Waals surface area contributed by atoms with Gasteiger partial charge in [0.2, 0.25) is 5.91 Å². The summed E-state index contributed by atoms with van der Waals surface area (Å²) in [5.41, 5.74) is 2.56. The highest BCUT2D eigenvalue weighted by atomic mass is 16.2. The van der Waals surface area contributed by atoms with E-state index in [1.54, 1.807) is 4.68 Å². The van der Waals surface area contributed by atoms with Crippen LogP contribution in [0.2, 0.25) is 0 Å². The van der Waals surface area contributed by atoms with Gasteiger partial charge in [0, 0.05) is 5.69 Å². The van der Waals surface area contributed by atoms with Gasteiger partial charge in [0.25, 0.3) is 0 Å². The molecule has 0 aliphatic heterocycles. The van der Waals surface area contributed by atoms with Crippen LogP contribution in [0.4, 0.5) is 5.69 Å². The Morgan fingerprint density at radius 3 is 2.46 bits per heavy atom. The first-order valence-corrected chi connectivity index (χ1v) is 7.78. The van der Waals surface area contributed by atoms with E-state index in [9.17, 15) is 4.79 Å². The molecule has 3 aromatic rings. The van der Waals surface area contributed by atoms with E-state index in [0.29, 0.717) is 5.69 Å². The van der Waals surface area contributed by atoms with Gasteiger partial charge in [-0.1, -0.05) is 41.6 Å². The standard InChI is InChI=1S/C18H19N5O/c1-14(20-18(24)12-19-15-8-4-2-5-9-15)17-13-23(22-21-17)16-10-6-3-7-11-16/h2-11,13-14,19H,12H2,1H3,(H,20,24). The normalized spacial score (nSPS) is 11.7. The molecule has 0 saturated heterocycles. The van der Waals surface area contributed by atoms with Gasteiger partial charge in [-0.05, 0) is 31.2 Å². The fraction of sp³-hybridized carbons (Fsp3) is 0.167. The first-order valence-electron chi connectivity index (χ1n) is 7.78. The molecule has 2 aromatic carbocycles. The number of hydrogen-bond donors (Lipinski definition) is 2. The number of hydrogen-bond acceptors (Lipinski definition) is 4. The summed E-state index contributed by atoms with van der Waals surface area (Å²) in [5.74, 6) is -0.0967. The third-order valence-corrected chi connectivity index (χ3v) is 3.58. The molecule has 0 radical (unpaired) electrons. The number of carbonyl (C=O) groups is 1. The first-order chi connectivity index (χ1) is 11.7. The van der Waals surface area contributed by atoms with Gasteiger partial charge in [0.05, 0.1) is 24.5 Å². The van der Waals surface area contributed by atoms with Crippen molar-refractivity contribution in [3.05, 3.63) is 72.6 Å². The predicted molar refractivity (Wildman–Crippen MR) is 92.8 cm³/mol. The van der Waals surface area contributed by atoms with Crippen molar-refractivity contribution in [2.45, 2.75) is 13.0 Å². The average Bonchev–Trinajstić information content (AvgIpc) is 3.12. The number of nitrogens with one attached hydrogen (secondary N) is 2.